The number of thiophene rings is 1. The zero-order chi connectivity index (χ0) is 16.4. The maximum atomic E-state index is 12.4. The van der Waals surface area contributed by atoms with Gasteiger partial charge in [0.05, 0.1) is 5.56 Å². The maximum Gasteiger partial charge on any atom is 0.256 e. The number of carbonyl (C=O) groups is 2. The molecule has 2 amide bonds. The summed E-state index contributed by atoms with van der Waals surface area (Å²) < 4.78 is 0. The molecule has 2 aromatic rings. The van der Waals surface area contributed by atoms with E-state index in [1.54, 1.807) is 12.1 Å². The molecule has 3 N–H and O–H groups in total. The van der Waals surface area contributed by atoms with E-state index in [1.807, 2.05) is 18.2 Å². The Kier molecular flexibility index (Phi) is 4.45. The third-order valence-electron chi connectivity index (χ3n) is 4.09. The van der Waals surface area contributed by atoms with E-state index in [2.05, 4.69) is 17.1 Å². The molecule has 120 valence electrons. The number of hydrogen-bond donors (Lipinski definition) is 2. The molecular formula is C17H19N3O2S. The number of benzene rings is 1. The summed E-state index contributed by atoms with van der Waals surface area (Å²) in [6, 6.07) is 8.96. The van der Waals surface area contributed by atoms with Gasteiger partial charge in [0.25, 0.3) is 11.8 Å². The first-order valence-corrected chi connectivity index (χ1v) is 8.45. The lowest BCUT2D eigenvalue weighted by atomic mass is 10.0. The van der Waals surface area contributed by atoms with Gasteiger partial charge in [-0.25, -0.2) is 0 Å². The van der Waals surface area contributed by atoms with E-state index < -0.39 is 5.91 Å². The molecule has 0 saturated carbocycles. The zero-order valence-corrected chi connectivity index (χ0v) is 13.8. The number of likely N-dealkylation sites (N-methyl/N-ethyl adjacent to an activating group) is 1. The second-order valence-electron chi connectivity index (χ2n) is 5.51. The van der Waals surface area contributed by atoms with Gasteiger partial charge in [-0.15, -0.1) is 11.3 Å². The SMILES string of the molecule is CCN1CCc2c(sc(NC(=O)c3ccccc3)c2C(N)=O)C1. The van der Waals surface area contributed by atoms with Gasteiger partial charge in [-0.3, -0.25) is 14.5 Å². The minimum atomic E-state index is -0.476. The predicted molar refractivity (Wildman–Crippen MR) is 91.9 cm³/mol. The first-order chi connectivity index (χ1) is 11.1. The van der Waals surface area contributed by atoms with Crippen LogP contribution in [-0.4, -0.2) is 29.8 Å². The van der Waals surface area contributed by atoms with Crippen LogP contribution in [0.1, 0.15) is 38.1 Å². The second kappa shape index (κ2) is 6.52. The van der Waals surface area contributed by atoms with E-state index in [-0.39, 0.29) is 5.91 Å². The number of hydrogen-bond acceptors (Lipinski definition) is 4. The third kappa shape index (κ3) is 3.13. The van der Waals surface area contributed by atoms with Crippen molar-refractivity contribution in [3.63, 3.8) is 0 Å². The van der Waals surface area contributed by atoms with E-state index >= 15 is 0 Å². The van der Waals surface area contributed by atoms with E-state index in [9.17, 15) is 9.59 Å². The lowest BCUT2D eigenvalue weighted by molar-refractivity contribution is 0.1000. The molecule has 0 bridgehead atoms. The van der Waals surface area contributed by atoms with Crippen LogP contribution in [0.4, 0.5) is 5.00 Å². The number of nitrogens with one attached hydrogen (secondary N) is 1. The minimum Gasteiger partial charge on any atom is -0.365 e. The lowest BCUT2D eigenvalue weighted by Gasteiger charge is -2.25. The van der Waals surface area contributed by atoms with Crippen LogP contribution in [0.5, 0.6) is 0 Å². The summed E-state index contributed by atoms with van der Waals surface area (Å²) in [6.07, 6.45) is 0.791. The summed E-state index contributed by atoms with van der Waals surface area (Å²) in [4.78, 5) is 27.7. The molecule has 2 heterocycles. The highest BCUT2D eigenvalue weighted by atomic mass is 32.1. The van der Waals surface area contributed by atoms with Gasteiger partial charge in [0.2, 0.25) is 0 Å². The molecular weight excluding hydrogens is 310 g/mol. The average Bonchev–Trinajstić information content (AvgIpc) is 2.92. The summed E-state index contributed by atoms with van der Waals surface area (Å²) in [6.45, 7) is 4.80. The molecule has 0 aliphatic carbocycles. The van der Waals surface area contributed by atoms with Gasteiger partial charge >= 0.3 is 0 Å². The van der Waals surface area contributed by atoms with Gasteiger partial charge in [-0.1, -0.05) is 25.1 Å². The Morgan fingerprint density at radius 3 is 2.70 bits per heavy atom. The number of amides is 2. The van der Waals surface area contributed by atoms with Crippen molar-refractivity contribution in [3.8, 4) is 0 Å². The molecule has 0 atom stereocenters. The van der Waals surface area contributed by atoms with Crippen molar-refractivity contribution in [2.75, 3.05) is 18.4 Å². The van der Waals surface area contributed by atoms with E-state index in [4.69, 9.17) is 5.73 Å². The van der Waals surface area contributed by atoms with Gasteiger partial charge in [0.15, 0.2) is 0 Å². The first-order valence-electron chi connectivity index (χ1n) is 7.63. The maximum absolute atomic E-state index is 12.4. The number of primary amides is 1. The van der Waals surface area contributed by atoms with Gasteiger partial charge in [0.1, 0.15) is 5.00 Å². The first kappa shape index (κ1) is 15.7. The zero-order valence-electron chi connectivity index (χ0n) is 13.0. The minimum absolute atomic E-state index is 0.223. The van der Waals surface area contributed by atoms with Gasteiger partial charge in [-0.05, 0) is 30.7 Å². The topological polar surface area (TPSA) is 75.4 Å². The smallest absolute Gasteiger partial charge is 0.256 e. The van der Waals surface area contributed by atoms with Gasteiger partial charge in [-0.2, -0.15) is 0 Å². The Morgan fingerprint density at radius 1 is 1.30 bits per heavy atom. The Balaban J connectivity index is 1.92. The van der Waals surface area contributed by atoms with Crippen LogP contribution in [0.15, 0.2) is 30.3 Å². The largest absolute Gasteiger partial charge is 0.365 e. The fourth-order valence-electron chi connectivity index (χ4n) is 2.84. The average molecular weight is 329 g/mol. The van der Waals surface area contributed by atoms with E-state index in [0.717, 1.165) is 36.5 Å². The van der Waals surface area contributed by atoms with Crippen molar-refractivity contribution in [3.05, 3.63) is 51.9 Å². The Morgan fingerprint density at radius 2 is 2.04 bits per heavy atom. The molecule has 0 fully saturated rings. The summed E-state index contributed by atoms with van der Waals surface area (Å²) >= 11 is 1.46. The Hall–Kier alpha value is -2.18. The van der Waals surface area contributed by atoms with Crippen molar-refractivity contribution in [2.45, 2.75) is 19.9 Å². The molecule has 0 saturated heterocycles. The third-order valence-corrected chi connectivity index (χ3v) is 5.22. The van der Waals surface area contributed by atoms with Crippen molar-refractivity contribution in [2.24, 2.45) is 5.73 Å². The van der Waals surface area contributed by atoms with Gasteiger partial charge < -0.3 is 11.1 Å². The lowest BCUT2D eigenvalue weighted by Crippen LogP contribution is -2.30. The number of anilines is 1. The summed E-state index contributed by atoms with van der Waals surface area (Å²) in [5.41, 5.74) is 7.60. The number of fused-ring (bicyclic) bond motifs is 1. The van der Waals surface area contributed by atoms with Crippen LogP contribution >= 0.6 is 11.3 Å². The highest BCUT2D eigenvalue weighted by Gasteiger charge is 2.27. The van der Waals surface area contributed by atoms with Crippen LogP contribution in [0.3, 0.4) is 0 Å². The summed E-state index contributed by atoms with van der Waals surface area (Å²) in [7, 11) is 0. The van der Waals surface area contributed by atoms with E-state index in [1.165, 1.54) is 11.3 Å². The van der Waals surface area contributed by atoms with Crippen molar-refractivity contribution in [1.29, 1.82) is 0 Å². The molecule has 5 nitrogen and oxygen atoms in total. The fourth-order valence-corrected chi connectivity index (χ4v) is 4.13. The second-order valence-corrected chi connectivity index (χ2v) is 6.62. The van der Waals surface area contributed by atoms with Crippen molar-refractivity contribution >= 4 is 28.2 Å². The number of nitrogens with zero attached hydrogens (tertiary/aromatic N) is 1. The molecule has 1 aromatic carbocycles. The molecule has 0 radical (unpaired) electrons. The van der Waals surface area contributed by atoms with Crippen LogP contribution in [0.2, 0.25) is 0 Å². The molecule has 1 aliphatic heterocycles. The van der Waals surface area contributed by atoms with Crippen LogP contribution in [0, 0.1) is 0 Å². The summed E-state index contributed by atoms with van der Waals surface area (Å²) in [5, 5.41) is 3.42. The van der Waals surface area contributed by atoms with Gasteiger partial charge in [0, 0.05) is 23.5 Å². The normalized spacial score (nSPS) is 14.3. The quantitative estimate of drug-likeness (QED) is 0.905. The summed E-state index contributed by atoms with van der Waals surface area (Å²) in [5.74, 6) is -0.699. The molecule has 0 spiro atoms. The van der Waals surface area contributed by atoms with Crippen LogP contribution in [-0.2, 0) is 13.0 Å². The van der Waals surface area contributed by atoms with E-state index in [0.29, 0.717) is 16.1 Å². The Labute approximate surface area is 139 Å². The molecule has 1 aromatic heterocycles. The number of carbonyl (C=O) groups excluding carboxylic acids is 2. The number of rotatable bonds is 4. The van der Waals surface area contributed by atoms with Crippen molar-refractivity contribution < 1.29 is 9.59 Å². The standard InChI is InChI=1S/C17H19N3O2S/c1-2-20-9-8-12-13(10-20)23-17(14(12)15(18)21)19-16(22)11-6-4-3-5-7-11/h3-7H,2,8-10H2,1H3,(H2,18,21)(H,19,22). The number of nitrogens with two attached hydrogens (primary N) is 1. The molecule has 1 aliphatic rings. The molecule has 3 rings (SSSR count). The van der Waals surface area contributed by atoms with Crippen LogP contribution < -0.4 is 11.1 Å². The Bertz CT molecular complexity index is 740. The van der Waals surface area contributed by atoms with Crippen LogP contribution in [0.25, 0.3) is 0 Å². The molecule has 23 heavy (non-hydrogen) atoms. The monoisotopic (exact) mass is 329 g/mol. The predicted octanol–water partition coefficient (Wildman–Crippen LogP) is 2.48. The molecule has 0 unspecified atom stereocenters. The highest BCUT2D eigenvalue weighted by Crippen LogP contribution is 2.37. The van der Waals surface area contributed by atoms with Crippen molar-refractivity contribution in [1.82, 2.24) is 4.90 Å². The fraction of sp³-hybridized carbons (Fsp3) is 0.294. The molecule has 6 heteroatoms. The highest BCUT2D eigenvalue weighted by molar-refractivity contribution is 7.17.